The zero-order chi connectivity index (χ0) is 22.3. The molecule has 3 heterocycles. The standard InChI is InChI=1S/C25H31N5O2/c1-20-24(30-15-9-7-12-22(30)27-20)25(32)26-14-8-3-6-13-23(31)29-18-16-28(17-19-29)21-10-4-2-5-11-21/h2,4-5,7,9-12,15H,3,6,8,13-14,16-19H2,1H3,(H,26,32). The highest BCUT2D eigenvalue weighted by Crippen LogP contribution is 2.16. The number of carbonyl (C=O) groups is 2. The number of anilines is 1. The zero-order valence-corrected chi connectivity index (χ0v) is 18.7. The minimum atomic E-state index is -0.103. The van der Waals surface area contributed by atoms with Gasteiger partial charge in [0.1, 0.15) is 11.3 Å². The summed E-state index contributed by atoms with van der Waals surface area (Å²) in [5.74, 6) is 0.136. The lowest BCUT2D eigenvalue weighted by Crippen LogP contribution is -2.48. The molecule has 0 unspecified atom stereocenters. The van der Waals surface area contributed by atoms with Crippen LogP contribution in [0.25, 0.3) is 5.65 Å². The molecule has 3 aromatic rings. The Bertz CT molecular complexity index is 1050. The molecule has 4 rings (SSSR count). The molecule has 0 atom stereocenters. The van der Waals surface area contributed by atoms with Crippen molar-refractivity contribution in [1.29, 1.82) is 0 Å². The highest BCUT2D eigenvalue weighted by atomic mass is 16.2. The van der Waals surface area contributed by atoms with Gasteiger partial charge in [-0.05, 0) is 44.0 Å². The molecular weight excluding hydrogens is 402 g/mol. The molecular formula is C25H31N5O2. The second-order valence-electron chi connectivity index (χ2n) is 8.24. The number of benzene rings is 1. The number of hydrogen-bond donors (Lipinski definition) is 1. The van der Waals surface area contributed by atoms with Crippen molar-refractivity contribution in [3.8, 4) is 0 Å². The van der Waals surface area contributed by atoms with Crippen LogP contribution in [-0.2, 0) is 4.79 Å². The van der Waals surface area contributed by atoms with E-state index in [1.165, 1.54) is 5.69 Å². The molecule has 0 radical (unpaired) electrons. The average molecular weight is 434 g/mol. The molecule has 1 aromatic carbocycles. The number of nitrogens with one attached hydrogen (secondary N) is 1. The van der Waals surface area contributed by atoms with Gasteiger partial charge in [0.2, 0.25) is 5.91 Å². The Morgan fingerprint density at radius 1 is 0.938 bits per heavy atom. The van der Waals surface area contributed by atoms with E-state index in [4.69, 9.17) is 0 Å². The van der Waals surface area contributed by atoms with Crippen molar-refractivity contribution in [2.24, 2.45) is 0 Å². The zero-order valence-electron chi connectivity index (χ0n) is 18.7. The minimum absolute atomic E-state index is 0.103. The second-order valence-corrected chi connectivity index (χ2v) is 8.24. The number of imidazole rings is 1. The predicted molar refractivity (Wildman–Crippen MR) is 126 cm³/mol. The Hall–Kier alpha value is -3.35. The monoisotopic (exact) mass is 433 g/mol. The molecule has 1 aliphatic rings. The van der Waals surface area contributed by atoms with E-state index >= 15 is 0 Å². The summed E-state index contributed by atoms with van der Waals surface area (Å²) in [5, 5.41) is 2.99. The van der Waals surface area contributed by atoms with E-state index in [0.29, 0.717) is 18.7 Å². The molecule has 1 N–H and O–H groups in total. The summed E-state index contributed by atoms with van der Waals surface area (Å²) in [5.41, 5.74) is 3.32. The number of unbranched alkanes of at least 4 members (excludes halogenated alkanes) is 2. The fourth-order valence-electron chi connectivity index (χ4n) is 4.26. The van der Waals surface area contributed by atoms with Crippen molar-refractivity contribution < 1.29 is 9.59 Å². The van der Waals surface area contributed by atoms with Gasteiger partial charge in [0, 0.05) is 51.0 Å². The summed E-state index contributed by atoms with van der Waals surface area (Å²) in [6, 6.07) is 16.1. The number of para-hydroxylation sites is 1. The van der Waals surface area contributed by atoms with Gasteiger partial charge >= 0.3 is 0 Å². The predicted octanol–water partition coefficient (Wildman–Crippen LogP) is 3.28. The number of aryl methyl sites for hydroxylation is 1. The molecule has 32 heavy (non-hydrogen) atoms. The van der Waals surface area contributed by atoms with E-state index < -0.39 is 0 Å². The van der Waals surface area contributed by atoms with Crippen LogP contribution in [-0.4, -0.2) is 58.8 Å². The third-order valence-electron chi connectivity index (χ3n) is 6.03. The van der Waals surface area contributed by atoms with Crippen LogP contribution in [0.1, 0.15) is 41.9 Å². The van der Waals surface area contributed by atoms with Crippen LogP contribution in [0.3, 0.4) is 0 Å². The van der Waals surface area contributed by atoms with Gasteiger partial charge in [0.25, 0.3) is 5.91 Å². The van der Waals surface area contributed by atoms with Crippen LogP contribution in [0.5, 0.6) is 0 Å². The molecule has 1 saturated heterocycles. The number of amides is 2. The first-order chi connectivity index (χ1) is 15.6. The largest absolute Gasteiger partial charge is 0.368 e. The highest BCUT2D eigenvalue weighted by Gasteiger charge is 2.21. The van der Waals surface area contributed by atoms with Gasteiger partial charge in [-0.15, -0.1) is 0 Å². The Balaban J connectivity index is 1.13. The van der Waals surface area contributed by atoms with Gasteiger partial charge in [-0.1, -0.05) is 30.7 Å². The van der Waals surface area contributed by atoms with Crippen LogP contribution >= 0.6 is 0 Å². The maximum atomic E-state index is 12.6. The topological polar surface area (TPSA) is 70.0 Å². The van der Waals surface area contributed by atoms with E-state index in [1.54, 1.807) is 0 Å². The number of hydrogen-bond acceptors (Lipinski definition) is 4. The Kier molecular flexibility index (Phi) is 7.04. The summed E-state index contributed by atoms with van der Waals surface area (Å²) in [7, 11) is 0. The van der Waals surface area contributed by atoms with Gasteiger partial charge < -0.3 is 15.1 Å². The Morgan fingerprint density at radius 2 is 1.69 bits per heavy atom. The molecule has 0 spiro atoms. The number of rotatable bonds is 8. The number of piperazine rings is 1. The Labute approximate surface area is 189 Å². The summed E-state index contributed by atoms with van der Waals surface area (Å²) < 4.78 is 1.82. The van der Waals surface area contributed by atoms with E-state index in [0.717, 1.165) is 56.8 Å². The quantitative estimate of drug-likeness (QED) is 0.554. The first-order valence-electron chi connectivity index (χ1n) is 11.4. The van der Waals surface area contributed by atoms with Crippen molar-refractivity contribution in [2.75, 3.05) is 37.6 Å². The van der Waals surface area contributed by atoms with Crippen LogP contribution in [0, 0.1) is 6.92 Å². The summed E-state index contributed by atoms with van der Waals surface area (Å²) >= 11 is 0. The van der Waals surface area contributed by atoms with Gasteiger partial charge in [-0.25, -0.2) is 4.98 Å². The van der Waals surface area contributed by atoms with Crippen LogP contribution < -0.4 is 10.2 Å². The average Bonchev–Trinajstić information content (AvgIpc) is 3.17. The van der Waals surface area contributed by atoms with E-state index in [-0.39, 0.29) is 11.8 Å². The molecule has 0 aliphatic carbocycles. The Morgan fingerprint density at radius 3 is 2.47 bits per heavy atom. The minimum Gasteiger partial charge on any atom is -0.368 e. The first-order valence-corrected chi connectivity index (χ1v) is 11.4. The molecule has 168 valence electrons. The summed E-state index contributed by atoms with van der Waals surface area (Å²) in [6.45, 7) is 5.77. The van der Waals surface area contributed by atoms with Crippen LogP contribution in [0.4, 0.5) is 5.69 Å². The number of nitrogens with zero attached hydrogens (tertiary/aromatic N) is 4. The van der Waals surface area contributed by atoms with Crippen molar-refractivity contribution in [2.45, 2.75) is 32.6 Å². The fraction of sp³-hybridized carbons (Fsp3) is 0.400. The number of pyridine rings is 1. The maximum Gasteiger partial charge on any atom is 0.270 e. The molecule has 0 bridgehead atoms. The molecule has 2 amide bonds. The van der Waals surface area contributed by atoms with Crippen molar-refractivity contribution in [3.63, 3.8) is 0 Å². The lowest BCUT2D eigenvalue weighted by molar-refractivity contribution is -0.131. The normalized spacial score (nSPS) is 14.0. The van der Waals surface area contributed by atoms with E-state index in [9.17, 15) is 9.59 Å². The van der Waals surface area contributed by atoms with Gasteiger partial charge in [0.05, 0.1) is 5.69 Å². The second kappa shape index (κ2) is 10.3. The lowest BCUT2D eigenvalue weighted by Gasteiger charge is -2.36. The van der Waals surface area contributed by atoms with E-state index in [2.05, 4.69) is 27.3 Å². The summed E-state index contributed by atoms with van der Waals surface area (Å²) in [4.78, 5) is 33.9. The smallest absolute Gasteiger partial charge is 0.270 e. The summed E-state index contributed by atoms with van der Waals surface area (Å²) in [6.07, 6.45) is 5.06. The van der Waals surface area contributed by atoms with Gasteiger partial charge in [0.15, 0.2) is 0 Å². The third-order valence-corrected chi connectivity index (χ3v) is 6.03. The van der Waals surface area contributed by atoms with Crippen LogP contribution in [0.2, 0.25) is 0 Å². The van der Waals surface area contributed by atoms with Crippen molar-refractivity contribution >= 4 is 23.1 Å². The number of fused-ring (bicyclic) bond motifs is 1. The molecule has 7 nitrogen and oxygen atoms in total. The molecule has 0 saturated carbocycles. The highest BCUT2D eigenvalue weighted by molar-refractivity contribution is 5.94. The first kappa shape index (κ1) is 21.9. The molecule has 1 fully saturated rings. The molecule has 7 heteroatoms. The van der Waals surface area contributed by atoms with Gasteiger partial charge in [-0.2, -0.15) is 0 Å². The van der Waals surface area contributed by atoms with Crippen molar-refractivity contribution in [1.82, 2.24) is 19.6 Å². The van der Waals surface area contributed by atoms with E-state index in [1.807, 2.05) is 58.8 Å². The molecule has 2 aromatic heterocycles. The lowest BCUT2D eigenvalue weighted by atomic mass is 10.1. The molecule has 1 aliphatic heterocycles. The number of carbonyl (C=O) groups excluding carboxylic acids is 2. The fourth-order valence-corrected chi connectivity index (χ4v) is 4.26. The van der Waals surface area contributed by atoms with Crippen molar-refractivity contribution in [3.05, 3.63) is 66.1 Å². The third kappa shape index (κ3) is 5.10. The van der Waals surface area contributed by atoms with Crippen LogP contribution in [0.15, 0.2) is 54.7 Å². The number of aromatic nitrogens is 2. The van der Waals surface area contributed by atoms with Gasteiger partial charge in [-0.3, -0.25) is 14.0 Å². The SMILES string of the molecule is Cc1nc2ccccn2c1C(=O)NCCCCCC(=O)N1CCN(c2ccccc2)CC1. The maximum absolute atomic E-state index is 12.6.